The van der Waals surface area contributed by atoms with Crippen molar-refractivity contribution in [1.82, 2.24) is 5.32 Å². The Morgan fingerprint density at radius 3 is 1.78 bits per heavy atom. The summed E-state index contributed by atoms with van der Waals surface area (Å²) in [5, 5.41) is 94.9. The summed E-state index contributed by atoms with van der Waals surface area (Å²) >= 11 is 0. The molecule has 1 unspecified atom stereocenters. The van der Waals surface area contributed by atoms with Crippen LogP contribution in [0.4, 0.5) is 0 Å². The van der Waals surface area contributed by atoms with Gasteiger partial charge in [0.2, 0.25) is 5.91 Å². The summed E-state index contributed by atoms with van der Waals surface area (Å²) in [6, 6.07) is -1.65. The fourth-order valence-corrected chi connectivity index (χ4v) is 4.83. The largest absolute Gasteiger partial charge is 0.394 e. The van der Waals surface area contributed by atoms with Crippen LogP contribution in [0.5, 0.6) is 0 Å². The molecule has 12 N–H and O–H groups in total. The van der Waals surface area contributed by atoms with Gasteiger partial charge in [0.1, 0.15) is 73.2 Å². The topological polar surface area (TPSA) is 293 Å². The van der Waals surface area contributed by atoms with Crippen LogP contribution in [0.15, 0.2) is 0 Å². The lowest BCUT2D eigenvalue weighted by Crippen LogP contribution is -2.68. The molecule has 0 bridgehead atoms. The third-order valence-electron chi connectivity index (χ3n) is 7.00. The summed E-state index contributed by atoms with van der Waals surface area (Å²) in [5.41, 5.74) is 5.72. The van der Waals surface area contributed by atoms with Crippen LogP contribution in [0.3, 0.4) is 0 Å². The molecule has 0 radical (unpaired) electrons. The van der Waals surface area contributed by atoms with E-state index in [0.717, 1.165) is 0 Å². The van der Waals surface area contributed by atoms with E-state index in [4.69, 9.17) is 34.2 Å². The lowest BCUT2D eigenvalue weighted by atomic mass is 9.95. The van der Waals surface area contributed by atoms with E-state index in [-0.39, 0.29) is 6.61 Å². The van der Waals surface area contributed by atoms with Crippen LogP contribution < -0.4 is 11.1 Å². The zero-order valence-corrected chi connectivity index (χ0v) is 22.5. The van der Waals surface area contributed by atoms with E-state index in [2.05, 4.69) is 5.32 Å². The average molecular weight is 603 g/mol. The number of nitrogens with one attached hydrogen (secondary N) is 1. The summed E-state index contributed by atoms with van der Waals surface area (Å²) in [4.78, 5) is 11.8. The zero-order chi connectivity index (χ0) is 30.6. The molecule has 3 aliphatic rings. The molecular formula is C23H42N2O16. The van der Waals surface area contributed by atoms with Crippen LogP contribution in [-0.4, -0.2) is 176 Å². The Balaban J connectivity index is 1.81. The molecule has 3 saturated heterocycles. The van der Waals surface area contributed by atoms with Gasteiger partial charge < -0.3 is 85.4 Å². The van der Waals surface area contributed by atoms with Gasteiger partial charge in [0, 0.05) is 13.0 Å². The quantitative estimate of drug-likeness (QED) is 0.105. The zero-order valence-electron chi connectivity index (χ0n) is 22.5. The first-order chi connectivity index (χ1) is 19.3. The van der Waals surface area contributed by atoms with Gasteiger partial charge in [0.25, 0.3) is 0 Å². The summed E-state index contributed by atoms with van der Waals surface area (Å²) in [5.74, 6) is -0.557. The van der Waals surface area contributed by atoms with Gasteiger partial charge in [-0.15, -0.1) is 0 Å². The maximum atomic E-state index is 11.8. The van der Waals surface area contributed by atoms with Crippen LogP contribution in [0.1, 0.15) is 13.8 Å². The van der Waals surface area contributed by atoms with E-state index >= 15 is 0 Å². The third-order valence-corrected chi connectivity index (χ3v) is 7.00. The minimum Gasteiger partial charge on any atom is -0.394 e. The van der Waals surface area contributed by atoms with Crippen molar-refractivity contribution in [1.29, 1.82) is 0 Å². The van der Waals surface area contributed by atoms with Gasteiger partial charge in [-0.2, -0.15) is 0 Å². The van der Waals surface area contributed by atoms with Gasteiger partial charge >= 0.3 is 0 Å². The Morgan fingerprint density at radius 1 is 0.732 bits per heavy atom. The maximum absolute atomic E-state index is 11.8. The van der Waals surface area contributed by atoms with Gasteiger partial charge in [0.05, 0.1) is 26.4 Å². The van der Waals surface area contributed by atoms with Crippen molar-refractivity contribution in [2.45, 2.75) is 112 Å². The maximum Gasteiger partial charge on any atom is 0.217 e. The predicted molar refractivity (Wildman–Crippen MR) is 130 cm³/mol. The second-order valence-corrected chi connectivity index (χ2v) is 10.4. The van der Waals surface area contributed by atoms with Gasteiger partial charge in [-0.05, 0) is 6.92 Å². The molecule has 240 valence electrons. The minimum absolute atomic E-state index is 0.0192. The number of rotatable bonds is 11. The van der Waals surface area contributed by atoms with Crippen molar-refractivity contribution >= 4 is 5.91 Å². The lowest BCUT2D eigenvalue weighted by molar-refractivity contribution is -0.376. The summed E-state index contributed by atoms with van der Waals surface area (Å²) in [7, 11) is 0. The smallest absolute Gasteiger partial charge is 0.217 e. The molecule has 3 aliphatic heterocycles. The van der Waals surface area contributed by atoms with E-state index in [1.807, 2.05) is 0 Å². The first-order valence-corrected chi connectivity index (χ1v) is 13.2. The van der Waals surface area contributed by atoms with E-state index < -0.39 is 124 Å². The average Bonchev–Trinajstić information content (AvgIpc) is 2.93. The van der Waals surface area contributed by atoms with Crippen LogP contribution in [-0.2, 0) is 33.2 Å². The van der Waals surface area contributed by atoms with Crippen LogP contribution in [0.2, 0.25) is 0 Å². The number of carbonyl (C=O) groups is 1. The summed E-state index contributed by atoms with van der Waals surface area (Å²) in [6.07, 6.45) is -22.7. The highest BCUT2D eigenvalue weighted by molar-refractivity contribution is 5.73. The molecule has 0 spiro atoms. The monoisotopic (exact) mass is 602 g/mol. The minimum atomic E-state index is -1.90. The van der Waals surface area contributed by atoms with E-state index in [0.29, 0.717) is 0 Å². The van der Waals surface area contributed by atoms with E-state index in [1.165, 1.54) is 6.92 Å². The molecule has 0 aliphatic carbocycles. The Bertz CT molecular complexity index is 825. The lowest BCUT2D eigenvalue weighted by Gasteiger charge is -2.48. The Labute approximate surface area is 235 Å². The second-order valence-electron chi connectivity index (χ2n) is 10.4. The molecular weight excluding hydrogens is 560 g/mol. The van der Waals surface area contributed by atoms with Crippen molar-refractivity contribution in [3.05, 3.63) is 0 Å². The molecule has 0 saturated carbocycles. The van der Waals surface area contributed by atoms with Crippen molar-refractivity contribution in [2.24, 2.45) is 5.73 Å². The molecule has 3 heterocycles. The standard InChI is InChI=1S/C23H42N2O16/c1-7(24)6-36-21-12(25-8(2)29)15(32)19(11(5-28)39-21)40-23-18(35)20(14(31)10(4-27)38-23)41-22-17(34)16(33)13(30)9(3-26)37-22/h7,9-23,26-28,30-35H,3-6,24H2,1-2H3,(H,25,29)/t7?,9-,10-,11-,12-,13+,14+,15-,16+,17-,18-,19-,20+,21-,22-,23+/m1/s1. The third kappa shape index (κ3) is 7.87. The number of nitrogens with two attached hydrogens (primary N) is 1. The Morgan fingerprint density at radius 2 is 1.24 bits per heavy atom. The van der Waals surface area contributed by atoms with Crippen LogP contribution in [0, 0.1) is 0 Å². The van der Waals surface area contributed by atoms with Crippen molar-refractivity contribution < 1.29 is 79.2 Å². The van der Waals surface area contributed by atoms with Gasteiger partial charge in [-0.1, -0.05) is 0 Å². The van der Waals surface area contributed by atoms with Gasteiger partial charge in [-0.3, -0.25) is 4.79 Å². The first-order valence-electron chi connectivity index (χ1n) is 13.2. The highest BCUT2D eigenvalue weighted by Gasteiger charge is 2.54. The number of aliphatic hydroxyl groups excluding tert-OH is 9. The van der Waals surface area contributed by atoms with E-state index in [1.54, 1.807) is 6.92 Å². The fourth-order valence-electron chi connectivity index (χ4n) is 4.83. The van der Waals surface area contributed by atoms with Crippen molar-refractivity contribution in [3.8, 4) is 0 Å². The SMILES string of the molecule is CC(=O)N[C@H]1[C@H](OCC(C)N)O[C@H](CO)[C@@H](O[C@@H]2O[C@H](CO)[C@H](O)[C@H](O[C@H]3O[C@H](CO)[C@H](O)[C@H](O)[C@H]3O)[C@H]2O)[C@@H]1O. The summed E-state index contributed by atoms with van der Waals surface area (Å²) < 4.78 is 33.4. The number of carbonyl (C=O) groups excluding carboxylic acids is 1. The number of ether oxygens (including phenoxy) is 6. The number of aliphatic hydroxyl groups is 9. The molecule has 1 amide bonds. The number of hydrogen-bond acceptors (Lipinski definition) is 17. The molecule has 3 rings (SSSR count). The predicted octanol–water partition coefficient (Wildman–Crippen LogP) is -7.06. The number of hydrogen-bond donors (Lipinski definition) is 11. The van der Waals surface area contributed by atoms with Crippen molar-refractivity contribution in [3.63, 3.8) is 0 Å². The normalized spacial score (nSPS) is 46.2. The molecule has 18 nitrogen and oxygen atoms in total. The highest BCUT2D eigenvalue weighted by atomic mass is 16.8. The van der Waals surface area contributed by atoms with Crippen molar-refractivity contribution in [2.75, 3.05) is 26.4 Å². The molecule has 0 aromatic heterocycles. The fraction of sp³-hybridized carbons (Fsp3) is 0.957. The van der Waals surface area contributed by atoms with Gasteiger partial charge in [-0.25, -0.2) is 0 Å². The van der Waals surface area contributed by atoms with Crippen LogP contribution >= 0.6 is 0 Å². The molecule has 3 fully saturated rings. The second kappa shape index (κ2) is 15.0. The summed E-state index contributed by atoms with van der Waals surface area (Å²) in [6.45, 7) is 0.531. The highest BCUT2D eigenvalue weighted by Crippen LogP contribution is 2.32. The molecule has 0 aromatic rings. The Hall–Kier alpha value is -1.17. The van der Waals surface area contributed by atoms with E-state index in [9.17, 15) is 50.8 Å². The van der Waals surface area contributed by atoms with Gasteiger partial charge in [0.15, 0.2) is 18.9 Å². The Kier molecular flexibility index (Phi) is 12.6. The molecule has 18 heteroatoms. The molecule has 0 aromatic carbocycles. The molecule has 16 atom stereocenters. The number of amides is 1. The molecule has 41 heavy (non-hydrogen) atoms. The first kappa shape index (κ1) is 34.3. The van der Waals surface area contributed by atoms with Crippen LogP contribution in [0.25, 0.3) is 0 Å².